The van der Waals surface area contributed by atoms with E-state index < -0.39 is 0 Å². The maximum atomic E-state index is 12.9. The SMILES string of the molecule is COc1ccc(OC)c(/C=C/C(=O)N(C2CC2)C(C)c2ccccn2)c1. The van der Waals surface area contributed by atoms with Crippen molar-refractivity contribution in [3.05, 3.63) is 59.9 Å². The van der Waals surface area contributed by atoms with Gasteiger partial charge in [-0.3, -0.25) is 9.78 Å². The van der Waals surface area contributed by atoms with E-state index in [2.05, 4.69) is 4.98 Å². The summed E-state index contributed by atoms with van der Waals surface area (Å²) < 4.78 is 10.6. The zero-order valence-corrected chi connectivity index (χ0v) is 15.4. The highest BCUT2D eigenvalue weighted by molar-refractivity contribution is 5.93. The minimum absolute atomic E-state index is 0.0180. The summed E-state index contributed by atoms with van der Waals surface area (Å²) in [6, 6.07) is 11.5. The normalized spacial score (nSPS) is 14.9. The number of benzene rings is 1. The Morgan fingerprint density at radius 1 is 1.23 bits per heavy atom. The van der Waals surface area contributed by atoms with Gasteiger partial charge in [0.2, 0.25) is 5.91 Å². The highest BCUT2D eigenvalue weighted by Crippen LogP contribution is 2.34. The van der Waals surface area contributed by atoms with Gasteiger partial charge in [0.05, 0.1) is 26.0 Å². The van der Waals surface area contributed by atoms with Crippen molar-refractivity contribution in [2.24, 2.45) is 0 Å². The van der Waals surface area contributed by atoms with Gasteiger partial charge in [-0.1, -0.05) is 6.07 Å². The fourth-order valence-corrected chi connectivity index (χ4v) is 3.02. The van der Waals surface area contributed by atoms with E-state index in [1.165, 1.54) is 0 Å². The Hall–Kier alpha value is -2.82. The van der Waals surface area contributed by atoms with Crippen LogP contribution in [-0.2, 0) is 4.79 Å². The van der Waals surface area contributed by atoms with E-state index in [-0.39, 0.29) is 18.0 Å². The zero-order chi connectivity index (χ0) is 18.5. The second kappa shape index (κ2) is 8.04. The highest BCUT2D eigenvalue weighted by Gasteiger charge is 2.35. The molecule has 0 bridgehead atoms. The number of methoxy groups -OCH3 is 2. The summed E-state index contributed by atoms with van der Waals surface area (Å²) in [6.45, 7) is 2.03. The molecule has 1 amide bonds. The summed E-state index contributed by atoms with van der Waals surface area (Å²) in [6.07, 6.45) is 7.23. The Balaban J connectivity index is 1.82. The number of carbonyl (C=O) groups is 1. The molecule has 136 valence electrons. The molecular weight excluding hydrogens is 328 g/mol. The highest BCUT2D eigenvalue weighted by atomic mass is 16.5. The molecule has 5 heteroatoms. The van der Waals surface area contributed by atoms with Crippen LogP contribution in [0.4, 0.5) is 0 Å². The molecule has 26 heavy (non-hydrogen) atoms. The first kappa shape index (κ1) is 18.0. The number of hydrogen-bond donors (Lipinski definition) is 0. The standard InChI is InChI=1S/C21H24N2O3/c1-15(19-6-4-5-13-22-19)23(17-8-9-17)21(24)12-7-16-14-18(25-2)10-11-20(16)26-3/h4-7,10-15,17H,8-9H2,1-3H3/b12-7+. The van der Waals surface area contributed by atoms with E-state index in [0.29, 0.717) is 5.75 Å². The summed E-state index contributed by atoms with van der Waals surface area (Å²) in [5.41, 5.74) is 1.71. The lowest BCUT2D eigenvalue weighted by Gasteiger charge is -2.28. The van der Waals surface area contributed by atoms with E-state index in [1.54, 1.807) is 32.6 Å². The van der Waals surface area contributed by atoms with E-state index in [4.69, 9.17) is 9.47 Å². The second-order valence-electron chi connectivity index (χ2n) is 6.35. The van der Waals surface area contributed by atoms with Crippen LogP contribution < -0.4 is 9.47 Å². The van der Waals surface area contributed by atoms with Crippen LogP contribution in [0.15, 0.2) is 48.7 Å². The number of carbonyl (C=O) groups excluding carboxylic acids is 1. The molecule has 1 aromatic heterocycles. The van der Waals surface area contributed by atoms with Crippen molar-refractivity contribution in [3.63, 3.8) is 0 Å². The average molecular weight is 352 g/mol. The van der Waals surface area contributed by atoms with Gasteiger partial charge in [0.1, 0.15) is 11.5 Å². The second-order valence-corrected chi connectivity index (χ2v) is 6.35. The Labute approximate surface area is 154 Å². The zero-order valence-electron chi connectivity index (χ0n) is 15.4. The van der Waals surface area contributed by atoms with Gasteiger partial charge in [0.25, 0.3) is 0 Å². The van der Waals surface area contributed by atoms with Crippen LogP contribution >= 0.6 is 0 Å². The molecule has 5 nitrogen and oxygen atoms in total. The van der Waals surface area contributed by atoms with Crippen LogP contribution in [0.5, 0.6) is 11.5 Å². The van der Waals surface area contributed by atoms with Gasteiger partial charge >= 0.3 is 0 Å². The van der Waals surface area contributed by atoms with Crippen LogP contribution in [0.1, 0.15) is 37.1 Å². The van der Waals surface area contributed by atoms with Gasteiger partial charge in [-0.15, -0.1) is 0 Å². The van der Waals surface area contributed by atoms with Gasteiger partial charge < -0.3 is 14.4 Å². The lowest BCUT2D eigenvalue weighted by Crippen LogP contribution is -2.34. The molecule has 0 saturated heterocycles. The maximum Gasteiger partial charge on any atom is 0.247 e. The summed E-state index contributed by atoms with van der Waals surface area (Å²) >= 11 is 0. The Kier molecular flexibility index (Phi) is 5.56. The molecule has 2 aromatic rings. The predicted molar refractivity (Wildman–Crippen MR) is 101 cm³/mol. The largest absolute Gasteiger partial charge is 0.497 e. The summed E-state index contributed by atoms with van der Waals surface area (Å²) in [5.74, 6) is 1.40. The third kappa shape index (κ3) is 4.04. The first-order chi connectivity index (χ1) is 12.6. The Bertz CT molecular complexity index is 785. The monoisotopic (exact) mass is 352 g/mol. The fraction of sp³-hybridized carbons (Fsp3) is 0.333. The summed E-state index contributed by atoms with van der Waals surface area (Å²) in [5, 5.41) is 0. The number of nitrogens with zero attached hydrogens (tertiary/aromatic N) is 2. The van der Waals surface area contributed by atoms with E-state index >= 15 is 0 Å². The van der Waals surface area contributed by atoms with Crippen LogP contribution in [0.2, 0.25) is 0 Å². The lowest BCUT2D eigenvalue weighted by atomic mass is 10.1. The number of rotatable bonds is 7. The minimum Gasteiger partial charge on any atom is -0.497 e. The van der Waals surface area contributed by atoms with E-state index in [9.17, 15) is 4.79 Å². The molecular formula is C21H24N2O3. The van der Waals surface area contributed by atoms with Crippen molar-refractivity contribution >= 4 is 12.0 Å². The van der Waals surface area contributed by atoms with E-state index in [0.717, 1.165) is 29.8 Å². The molecule has 1 saturated carbocycles. The number of ether oxygens (including phenoxy) is 2. The van der Waals surface area contributed by atoms with Crippen molar-refractivity contribution in [3.8, 4) is 11.5 Å². The van der Waals surface area contributed by atoms with Crippen molar-refractivity contribution in [2.45, 2.75) is 31.8 Å². The summed E-state index contributed by atoms with van der Waals surface area (Å²) in [7, 11) is 3.23. The number of hydrogen-bond acceptors (Lipinski definition) is 4. The summed E-state index contributed by atoms with van der Waals surface area (Å²) in [4.78, 5) is 19.2. The van der Waals surface area contributed by atoms with Crippen molar-refractivity contribution in [1.29, 1.82) is 0 Å². The number of amides is 1. The predicted octanol–water partition coefficient (Wildman–Crippen LogP) is 3.86. The van der Waals surface area contributed by atoms with Gasteiger partial charge in [-0.05, 0) is 56.2 Å². The van der Waals surface area contributed by atoms with Crippen molar-refractivity contribution in [2.75, 3.05) is 14.2 Å². The molecule has 0 spiro atoms. The maximum absolute atomic E-state index is 12.9. The number of aromatic nitrogens is 1. The van der Waals surface area contributed by atoms with Crippen LogP contribution in [-0.4, -0.2) is 36.1 Å². The van der Waals surface area contributed by atoms with Gasteiger partial charge in [-0.2, -0.15) is 0 Å². The van der Waals surface area contributed by atoms with Crippen LogP contribution in [0.3, 0.4) is 0 Å². The smallest absolute Gasteiger partial charge is 0.247 e. The molecule has 1 atom stereocenters. The quantitative estimate of drug-likeness (QED) is 0.710. The topological polar surface area (TPSA) is 51.7 Å². The lowest BCUT2D eigenvalue weighted by molar-refractivity contribution is -0.128. The molecule has 0 radical (unpaired) electrons. The molecule has 1 aromatic carbocycles. The molecule has 1 aliphatic rings. The first-order valence-corrected chi connectivity index (χ1v) is 8.77. The Morgan fingerprint density at radius 3 is 2.65 bits per heavy atom. The van der Waals surface area contributed by atoms with Crippen LogP contribution in [0.25, 0.3) is 6.08 Å². The van der Waals surface area contributed by atoms with Crippen LogP contribution in [0, 0.1) is 0 Å². The molecule has 3 rings (SSSR count). The third-order valence-electron chi connectivity index (χ3n) is 4.57. The molecule has 1 heterocycles. The minimum atomic E-state index is -0.0620. The molecule has 1 fully saturated rings. The fourth-order valence-electron chi connectivity index (χ4n) is 3.02. The van der Waals surface area contributed by atoms with Gasteiger partial charge in [0.15, 0.2) is 0 Å². The molecule has 0 aliphatic heterocycles. The Morgan fingerprint density at radius 2 is 2.04 bits per heavy atom. The van der Waals surface area contributed by atoms with Gasteiger partial charge in [0, 0.05) is 23.9 Å². The molecule has 0 N–H and O–H groups in total. The average Bonchev–Trinajstić information content (AvgIpc) is 3.51. The molecule has 1 unspecified atom stereocenters. The molecule has 1 aliphatic carbocycles. The van der Waals surface area contributed by atoms with Crippen molar-refractivity contribution in [1.82, 2.24) is 9.88 Å². The first-order valence-electron chi connectivity index (χ1n) is 8.77. The van der Waals surface area contributed by atoms with Gasteiger partial charge in [-0.25, -0.2) is 0 Å². The van der Waals surface area contributed by atoms with Crippen molar-refractivity contribution < 1.29 is 14.3 Å². The van der Waals surface area contributed by atoms with E-state index in [1.807, 2.05) is 48.2 Å². The third-order valence-corrected chi connectivity index (χ3v) is 4.57. The number of pyridine rings is 1.